The number of Topliss-reactive ketones (excluding diaryl/α,β-unsaturated/α-hetero) is 1. The fraction of sp³-hybridized carbons (Fsp3) is 0.450. The van der Waals surface area contributed by atoms with E-state index in [0.717, 1.165) is 6.07 Å². The predicted octanol–water partition coefficient (Wildman–Crippen LogP) is 3.90. The van der Waals surface area contributed by atoms with E-state index >= 15 is 4.39 Å². The lowest BCUT2D eigenvalue weighted by Gasteiger charge is -2.36. The number of ketones is 1. The van der Waals surface area contributed by atoms with E-state index in [4.69, 9.17) is 10.5 Å². The molecule has 0 amide bonds. The van der Waals surface area contributed by atoms with Crippen LogP contribution in [0.15, 0.2) is 27.6 Å². The van der Waals surface area contributed by atoms with Crippen molar-refractivity contribution in [2.45, 2.75) is 44.6 Å². The van der Waals surface area contributed by atoms with E-state index in [1.165, 1.54) is 32.9 Å². The Morgan fingerprint density at radius 3 is 2.61 bits per heavy atom. The first-order valence-corrected chi connectivity index (χ1v) is 9.22. The van der Waals surface area contributed by atoms with E-state index in [9.17, 15) is 22.4 Å². The summed E-state index contributed by atoms with van der Waals surface area (Å²) in [6.45, 7) is 3.15. The highest BCUT2D eigenvalue weighted by Crippen LogP contribution is 2.42. The van der Waals surface area contributed by atoms with Gasteiger partial charge in [-0.25, -0.2) is 13.8 Å². The minimum absolute atomic E-state index is 0.0438. The van der Waals surface area contributed by atoms with Gasteiger partial charge in [0.15, 0.2) is 23.0 Å². The van der Waals surface area contributed by atoms with E-state index in [-0.39, 0.29) is 29.5 Å². The zero-order valence-electron chi connectivity index (χ0n) is 16.9. The van der Waals surface area contributed by atoms with Gasteiger partial charge in [0.1, 0.15) is 23.8 Å². The van der Waals surface area contributed by atoms with Crippen molar-refractivity contribution in [2.75, 3.05) is 13.2 Å². The summed E-state index contributed by atoms with van der Waals surface area (Å²) < 4.78 is 79.1. The molecule has 0 bridgehead atoms. The third kappa shape index (κ3) is 4.32. The standard InChI is InChI=1S/C20H20F5N3O3/c1-10-27-16(17(31-10)20(23,24)25)14(29)7-11-4-5-13(21)12(6-11)19(3)18(2,22)9-30-8-15(26)28-19/h4-6H,7-9H2,1-3H3,(H2,26,28)/t18?,19-/m1/s1. The number of aliphatic imine (C=N–C) groups is 1. The van der Waals surface area contributed by atoms with E-state index in [2.05, 4.69) is 14.4 Å². The van der Waals surface area contributed by atoms with Gasteiger partial charge in [-0.1, -0.05) is 6.07 Å². The molecule has 1 aromatic heterocycles. The Labute approximate surface area is 174 Å². The fourth-order valence-corrected chi connectivity index (χ4v) is 3.40. The summed E-state index contributed by atoms with van der Waals surface area (Å²) in [4.78, 5) is 20.2. The third-order valence-electron chi connectivity index (χ3n) is 5.18. The summed E-state index contributed by atoms with van der Waals surface area (Å²) in [5.74, 6) is -3.66. The molecule has 0 aliphatic carbocycles. The highest BCUT2D eigenvalue weighted by molar-refractivity contribution is 5.96. The Balaban J connectivity index is 2.01. The maximum atomic E-state index is 15.4. The number of oxazole rings is 1. The van der Waals surface area contributed by atoms with Crippen molar-refractivity contribution < 1.29 is 35.9 Å². The number of alkyl halides is 4. The topological polar surface area (TPSA) is 90.7 Å². The van der Waals surface area contributed by atoms with Gasteiger partial charge in [-0.2, -0.15) is 13.2 Å². The Bertz CT molecular complexity index is 1050. The number of carbonyl (C=O) groups is 1. The smallest absolute Gasteiger partial charge is 0.436 e. The molecule has 2 atom stereocenters. The van der Waals surface area contributed by atoms with E-state index in [1.807, 2.05) is 0 Å². The second-order valence-corrected chi connectivity index (χ2v) is 7.69. The predicted molar refractivity (Wildman–Crippen MR) is 100.0 cm³/mol. The van der Waals surface area contributed by atoms with Crippen molar-refractivity contribution in [1.29, 1.82) is 0 Å². The maximum Gasteiger partial charge on any atom is 0.452 e. The number of benzene rings is 1. The van der Waals surface area contributed by atoms with Crippen molar-refractivity contribution in [3.05, 3.63) is 52.5 Å². The van der Waals surface area contributed by atoms with Crippen LogP contribution in [0.4, 0.5) is 22.0 Å². The molecular formula is C20H20F5N3O3. The van der Waals surface area contributed by atoms with Crippen LogP contribution in [-0.4, -0.2) is 35.5 Å². The van der Waals surface area contributed by atoms with Gasteiger partial charge in [-0.15, -0.1) is 0 Å². The number of nitrogens with two attached hydrogens (primary N) is 1. The zero-order chi connectivity index (χ0) is 23.2. The number of halogens is 5. The lowest BCUT2D eigenvalue weighted by atomic mass is 9.78. The molecule has 1 unspecified atom stereocenters. The van der Waals surface area contributed by atoms with Crippen LogP contribution >= 0.6 is 0 Å². The number of nitrogens with zero attached hydrogens (tertiary/aromatic N) is 2. The van der Waals surface area contributed by atoms with Gasteiger partial charge in [-0.3, -0.25) is 9.79 Å². The van der Waals surface area contributed by atoms with Crippen molar-refractivity contribution in [2.24, 2.45) is 10.7 Å². The lowest BCUT2D eigenvalue weighted by molar-refractivity contribution is -0.153. The first-order chi connectivity index (χ1) is 14.2. The Morgan fingerprint density at radius 1 is 1.29 bits per heavy atom. The first-order valence-electron chi connectivity index (χ1n) is 9.22. The van der Waals surface area contributed by atoms with Crippen molar-refractivity contribution in [3.8, 4) is 0 Å². The quantitative estimate of drug-likeness (QED) is 0.570. The van der Waals surface area contributed by atoms with Crippen LogP contribution < -0.4 is 5.73 Å². The highest BCUT2D eigenvalue weighted by Gasteiger charge is 2.50. The van der Waals surface area contributed by atoms with Gasteiger partial charge in [0.25, 0.3) is 0 Å². The monoisotopic (exact) mass is 445 g/mol. The van der Waals surface area contributed by atoms with Gasteiger partial charge < -0.3 is 14.9 Å². The number of ether oxygens (including phenoxy) is 1. The molecule has 6 nitrogen and oxygen atoms in total. The van der Waals surface area contributed by atoms with Gasteiger partial charge in [0, 0.05) is 18.9 Å². The number of aryl methyl sites for hydroxylation is 1. The Morgan fingerprint density at radius 2 is 1.97 bits per heavy atom. The lowest BCUT2D eigenvalue weighted by Crippen LogP contribution is -2.46. The van der Waals surface area contributed by atoms with Crippen LogP contribution in [0.1, 0.15) is 47.1 Å². The molecule has 1 aliphatic rings. The first kappa shape index (κ1) is 22.9. The fourth-order valence-electron chi connectivity index (χ4n) is 3.40. The molecule has 0 fully saturated rings. The average Bonchev–Trinajstić information content (AvgIpc) is 3.00. The molecule has 2 heterocycles. The molecule has 2 aromatic rings. The van der Waals surface area contributed by atoms with Gasteiger partial charge in [0.05, 0.1) is 6.61 Å². The summed E-state index contributed by atoms with van der Waals surface area (Å²) >= 11 is 0. The van der Waals surface area contributed by atoms with Gasteiger partial charge >= 0.3 is 6.18 Å². The molecule has 168 valence electrons. The summed E-state index contributed by atoms with van der Waals surface area (Å²) in [7, 11) is 0. The molecule has 2 N–H and O–H groups in total. The molecule has 11 heteroatoms. The summed E-state index contributed by atoms with van der Waals surface area (Å²) in [5, 5.41) is 0. The second kappa shape index (κ2) is 7.70. The molecule has 1 aromatic carbocycles. The normalized spacial score (nSPS) is 24.6. The minimum Gasteiger partial charge on any atom is -0.436 e. The number of amidine groups is 1. The van der Waals surface area contributed by atoms with E-state index in [1.54, 1.807) is 0 Å². The molecular weight excluding hydrogens is 425 g/mol. The Kier molecular flexibility index (Phi) is 5.68. The Hall–Kier alpha value is -2.82. The molecule has 0 spiro atoms. The molecule has 0 radical (unpaired) electrons. The largest absolute Gasteiger partial charge is 0.452 e. The number of aromatic nitrogens is 1. The molecule has 0 saturated carbocycles. The van der Waals surface area contributed by atoms with Crippen LogP contribution in [0.5, 0.6) is 0 Å². The second-order valence-electron chi connectivity index (χ2n) is 7.69. The summed E-state index contributed by atoms with van der Waals surface area (Å²) in [6, 6.07) is 3.40. The number of rotatable bonds is 4. The van der Waals surface area contributed by atoms with Gasteiger partial charge in [-0.05, 0) is 31.5 Å². The van der Waals surface area contributed by atoms with E-state index < -0.39 is 53.5 Å². The molecule has 1 aliphatic heterocycles. The SMILES string of the molecule is Cc1nc(C(=O)Cc2ccc(F)c([C@@]3(C)N=C(N)COCC3(C)F)c2)c(C(F)(F)F)o1. The molecule has 0 saturated heterocycles. The molecule has 3 rings (SSSR count). The summed E-state index contributed by atoms with van der Waals surface area (Å²) in [5.41, 5.74) is 0.841. The third-order valence-corrected chi connectivity index (χ3v) is 5.18. The summed E-state index contributed by atoms with van der Waals surface area (Å²) in [6.07, 6.45) is -5.45. The minimum atomic E-state index is -4.91. The van der Waals surface area contributed by atoms with Crippen LogP contribution in [0.3, 0.4) is 0 Å². The number of hydrogen-bond acceptors (Lipinski definition) is 6. The van der Waals surface area contributed by atoms with Crippen molar-refractivity contribution in [1.82, 2.24) is 4.98 Å². The zero-order valence-corrected chi connectivity index (χ0v) is 16.9. The average molecular weight is 445 g/mol. The van der Waals surface area contributed by atoms with Crippen LogP contribution in [0, 0.1) is 12.7 Å². The molecule has 31 heavy (non-hydrogen) atoms. The van der Waals surface area contributed by atoms with Crippen LogP contribution in [0.2, 0.25) is 0 Å². The van der Waals surface area contributed by atoms with E-state index in [0.29, 0.717) is 0 Å². The van der Waals surface area contributed by atoms with Crippen molar-refractivity contribution >= 4 is 11.6 Å². The number of carbonyl (C=O) groups excluding carboxylic acids is 1. The maximum absolute atomic E-state index is 15.4. The highest BCUT2D eigenvalue weighted by atomic mass is 19.4. The van der Waals surface area contributed by atoms with Crippen LogP contribution in [0.25, 0.3) is 0 Å². The number of hydrogen-bond donors (Lipinski definition) is 1. The van der Waals surface area contributed by atoms with Gasteiger partial charge in [0.2, 0.25) is 5.76 Å². The van der Waals surface area contributed by atoms with Crippen LogP contribution in [-0.2, 0) is 22.9 Å². The van der Waals surface area contributed by atoms with Crippen molar-refractivity contribution in [3.63, 3.8) is 0 Å².